The number of benzene rings is 1. The quantitative estimate of drug-likeness (QED) is 0.678. The van der Waals surface area contributed by atoms with E-state index in [0.717, 1.165) is 29.9 Å². The van der Waals surface area contributed by atoms with E-state index >= 15 is 0 Å². The highest BCUT2D eigenvalue weighted by atomic mass is 15.0. The van der Waals surface area contributed by atoms with E-state index in [1.807, 2.05) is 6.54 Å². The van der Waals surface area contributed by atoms with E-state index in [0.29, 0.717) is 5.92 Å². The lowest BCUT2D eigenvalue weighted by Crippen LogP contribution is -2.28. The number of aliphatic imine (C=N–C) groups is 1. The second-order valence-electron chi connectivity index (χ2n) is 4.67. The lowest BCUT2D eigenvalue weighted by Gasteiger charge is -2.17. The molecule has 2 heterocycles. The van der Waals surface area contributed by atoms with Crippen LogP contribution in [-0.4, -0.2) is 19.4 Å². The SMILES string of the molecule is C(#CC1CCCNC1)c1ccc2c(c1)[CH]N=CN2. The summed E-state index contributed by atoms with van der Waals surface area (Å²) >= 11 is 0. The molecule has 0 bridgehead atoms. The van der Waals surface area contributed by atoms with Gasteiger partial charge in [-0.15, -0.1) is 0 Å². The fraction of sp³-hybridized carbons (Fsp3) is 0.333. The van der Waals surface area contributed by atoms with Crippen LogP contribution in [0.2, 0.25) is 0 Å². The largest absolute Gasteiger partial charge is 0.346 e. The summed E-state index contributed by atoms with van der Waals surface area (Å²) in [4.78, 5) is 4.09. The Kier molecular flexibility index (Phi) is 3.29. The molecule has 0 saturated carbocycles. The van der Waals surface area contributed by atoms with E-state index in [1.54, 1.807) is 6.34 Å². The van der Waals surface area contributed by atoms with Crippen LogP contribution in [0, 0.1) is 24.3 Å². The van der Waals surface area contributed by atoms with Crippen LogP contribution in [0.25, 0.3) is 0 Å². The smallest absolute Gasteiger partial charge is 0.105 e. The Balaban J connectivity index is 1.75. The summed E-state index contributed by atoms with van der Waals surface area (Å²) in [6.07, 6.45) is 4.14. The van der Waals surface area contributed by atoms with Crippen LogP contribution in [0.4, 0.5) is 5.69 Å². The van der Waals surface area contributed by atoms with Gasteiger partial charge >= 0.3 is 0 Å². The van der Waals surface area contributed by atoms with Crippen LogP contribution < -0.4 is 10.6 Å². The highest BCUT2D eigenvalue weighted by Gasteiger charge is 2.09. The van der Waals surface area contributed by atoms with Gasteiger partial charge in [0, 0.05) is 29.3 Å². The monoisotopic (exact) mass is 238 g/mol. The molecule has 0 aliphatic carbocycles. The molecule has 1 atom stereocenters. The van der Waals surface area contributed by atoms with Gasteiger partial charge in [-0.1, -0.05) is 11.8 Å². The zero-order valence-corrected chi connectivity index (χ0v) is 10.2. The molecule has 3 nitrogen and oxygen atoms in total. The van der Waals surface area contributed by atoms with Gasteiger partial charge in [0.15, 0.2) is 0 Å². The maximum Gasteiger partial charge on any atom is 0.105 e. The normalized spacial score (nSPS) is 21.4. The van der Waals surface area contributed by atoms with Gasteiger partial charge in [-0.25, -0.2) is 0 Å². The number of fused-ring (bicyclic) bond motifs is 1. The summed E-state index contributed by atoms with van der Waals surface area (Å²) in [6.45, 7) is 4.02. The molecule has 3 rings (SSSR count). The van der Waals surface area contributed by atoms with Crippen LogP contribution in [0.1, 0.15) is 24.0 Å². The van der Waals surface area contributed by atoms with Crippen LogP contribution in [0.5, 0.6) is 0 Å². The first-order valence-corrected chi connectivity index (χ1v) is 6.39. The van der Waals surface area contributed by atoms with Crippen molar-refractivity contribution in [3.63, 3.8) is 0 Å². The van der Waals surface area contributed by atoms with Crippen molar-refractivity contribution in [1.29, 1.82) is 0 Å². The zero-order chi connectivity index (χ0) is 12.2. The molecule has 2 aliphatic rings. The van der Waals surface area contributed by atoms with E-state index in [-0.39, 0.29) is 0 Å². The Morgan fingerprint density at radius 1 is 1.33 bits per heavy atom. The third-order valence-electron chi connectivity index (χ3n) is 3.28. The highest BCUT2D eigenvalue weighted by Crippen LogP contribution is 2.21. The minimum absolute atomic E-state index is 0.495. The molecule has 1 fully saturated rings. The van der Waals surface area contributed by atoms with Crippen molar-refractivity contribution in [3.8, 4) is 11.8 Å². The summed E-state index contributed by atoms with van der Waals surface area (Å²) in [5.74, 6) is 7.13. The molecule has 0 amide bonds. The number of rotatable bonds is 0. The first-order chi connectivity index (χ1) is 8.92. The van der Waals surface area contributed by atoms with Gasteiger partial charge in [0.05, 0.1) is 6.34 Å². The molecule has 1 unspecified atom stereocenters. The highest BCUT2D eigenvalue weighted by molar-refractivity contribution is 5.81. The van der Waals surface area contributed by atoms with E-state index in [2.05, 4.69) is 45.7 Å². The van der Waals surface area contributed by atoms with Crippen LogP contribution in [0.15, 0.2) is 23.2 Å². The number of piperidine rings is 1. The van der Waals surface area contributed by atoms with Crippen molar-refractivity contribution in [2.45, 2.75) is 12.8 Å². The minimum Gasteiger partial charge on any atom is -0.346 e. The third-order valence-corrected chi connectivity index (χ3v) is 3.28. The van der Waals surface area contributed by atoms with E-state index < -0.39 is 0 Å². The van der Waals surface area contributed by atoms with E-state index in [9.17, 15) is 0 Å². The molecule has 1 aromatic rings. The Labute approximate surface area is 108 Å². The predicted octanol–water partition coefficient (Wildman–Crippen LogP) is 2.00. The van der Waals surface area contributed by atoms with Gasteiger partial charge in [0.1, 0.15) is 6.54 Å². The molecule has 1 radical (unpaired) electrons. The molecule has 91 valence electrons. The van der Waals surface area contributed by atoms with Crippen LogP contribution in [0.3, 0.4) is 0 Å². The zero-order valence-electron chi connectivity index (χ0n) is 10.2. The second-order valence-corrected chi connectivity index (χ2v) is 4.67. The fourth-order valence-electron chi connectivity index (χ4n) is 2.26. The topological polar surface area (TPSA) is 36.4 Å². The van der Waals surface area contributed by atoms with Crippen molar-refractivity contribution < 1.29 is 0 Å². The summed E-state index contributed by atoms with van der Waals surface area (Å²) in [6, 6.07) is 6.20. The molecule has 3 heteroatoms. The molecule has 2 N–H and O–H groups in total. The molecule has 0 aromatic heterocycles. The lowest BCUT2D eigenvalue weighted by molar-refractivity contribution is 0.449. The first kappa shape index (κ1) is 11.3. The Bertz CT molecular complexity index is 516. The molecule has 1 saturated heterocycles. The molecule has 2 aliphatic heterocycles. The predicted molar refractivity (Wildman–Crippen MR) is 74.4 cm³/mol. The van der Waals surface area contributed by atoms with Gasteiger partial charge < -0.3 is 10.6 Å². The molecular formula is C15H16N3. The molecule has 1 aromatic carbocycles. The van der Waals surface area contributed by atoms with Gasteiger partial charge in [-0.3, -0.25) is 4.99 Å². The maximum absolute atomic E-state index is 4.09. The molecule has 18 heavy (non-hydrogen) atoms. The summed E-state index contributed by atoms with van der Waals surface area (Å²) < 4.78 is 0. The number of anilines is 1. The van der Waals surface area contributed by atoms with Crippen molar-refractivity contribution in [2.24, 2.45) is 10.9 Å². The Morgan fingerprint density at radius 2 is 2.33 bits per heavy atom. The summed E-state index contributed by atoms with van der Waals surface area (Å²) in [5, 5.41) is 6.50. The number of nitrogens with one attached hydrogen (secondary N) is 2. The number of nitrogens with zero attached hydrogens (tertiary/aromatic N) is 1. The van der Waals surface area contributed by atoms with E-state index in [1.165, 1.54) is 12.8 Å². The Hall–Kier alpha value is -1.79. The first-order valence-electron chi connectivity index (χ1n) is 6.39. The standard InChI is InChI=1S/C15H16N3/c1-2-13(9-16-7-1)4-3-12-5-6-15-14(8-12)10-17-11-18-15/h5-6,8,10-11,13,16H,1-2,7,9H2,(H,17,18). The van der Waals surface area contributed by atoms with Gasteiger partial charge in [0.2, 0.25) is 0 Å². The number of hydrogen-bond donors (Lipinski definition) is 2. The third kappa shape index (κ3) is 2.55. The van der Waals surface area contributed by atoms with Crippen LogP contribution >= 0.6 is 0 Å². The lowest BCUT2D eigenvalue weighted by atomic mass is 9.99. The Morgan fingerprint density at radius 3 is 3.22 bits per heavy atom. The van der Waals surface area contributed by atoms with E-state index in [4.69, 9.17) is 0 Å². The molecule has 0 spiro atoms. The van der Waals surface area contributed by atoms with Crippen molar-refractivity contribution in [2.75, 3.05) is 18.4 Å². The average Bonchev–Trinajstić information content (AvgIpc) is 2.46. The summed E-state index contributed by atoms with van der Waals surface area (Å²) in [5.41, 5.74) is 3.26. The maximum atomic E-state index is 4.09. The van der Waals surface area contributed by atoms with Crippen molar-refractivity contribution >= 4 is 12.0 Å². The fourth-order valence-corrected chi connectivity index (χ4v) is 2.26. The van der Waals surface area contributed by atoms with Gasteiger partial charge in [-0.05, 0) is 37.6 Å². The van der Waals surface area contributed by atoms with Crippen molar-refractivity contribution in [1.82, 2.24) is 5.32 Å². The molecular weight excluding hydrogens is 222 g/mol. The number of hydrogen-bond acceptors (Lipinski definition) is 3. The second kappa shape index (κ2) is 5.24. The van der Waals surface area contributed by atoms with Gasteiger partial charge in [0.25, 0.3) is 0 Å². The van der Waals surface area contributed by atoms with Gasteiger partial charge in [-0.2, -0.15) is 0 Å². The minimum atomic E-state index is 0.495. The summed E-state index contributed by atoms with van der Waals surface area (Å²) in [7, 11) is 0. The average molecular weight is 238 g/mol. The van der Waals surface area contributed by atoms with Crippen molar-refractivity contribution in [3.05, 3.63) is 35.9 Å². The van der Waals surface area contributed by atoms with Crippen LogP contribution in [-0.2, 0) is 0 Å².